The zero-order valence-corrected chi connectivity index (χ0v) is 12.2. The van der Waals surface area contributed by atoms with Gasteiger partial charge in [0, 0.05) is 6.04 Å². The number of rotatable bonds is 5. The Morgan fingerprint density at radius 3 is 2.15 bits per heavy atom. The van der Waals surface area contributed by atoms with E-state index in [2.05, 4.69) is 4.72 Å². The molecule has 20 heavy (non-hydrogen) atoms. The topological polar surface area (TPSA) is 55.4 Å². The predicted octanol–water partition coefficient (Wildman–Crippen LogP) is 2.73. The summed E-state index contributed by atoms with van der Waals surface area (Å²) in [5.74, 6) is 0.742. The molecule has 106 valence electrons. The summed E-state index contributed by atoms with van der Waals surface area (Å²) < 4.78 is 32.1. The van der Waals surface area contributed by atoms with E-state index in [1.54, 1.807) is 37.4 Å². The predicted molar refractivity (Wildman–Crippen MR) is 78.2 cm³/mol. The first-order valence-corrected chi connectivity index (χ1v) is 7.72. The van der Waals surface area contributed by atoms with Gasteiger partial charge in [-0.25, -0.2) is 13.1 Å². The van der Waals surface area contributed by atoms with Crippen molar-refractivity contribution in [2.24, 2.45) is 0 Å². The molecule has 1 atom stereocenters. The molecule has 0 spiro atoms. The molecule has 2 aromatic rings. The fraction of sp³-hybridized carbons (Fsp3) is 0.200. The lowest BCUT2D eigenvalue weighted by molar-refractivity contribution is 0.414. The van der Waals surface area contributed by atoms with Gasteiger partial charge in [0.15, 0.2) is 0 Å². The Morgan fingerprint density at radius 2 is 1.60 bits per heavy atom. The highest BCUT2D eigenvalue weighted by atomic mass is 32.2. The second-order valence-electron chi connectivity index (χ2n) is 4.43. The first kappa shape index (κ1) is 14.6. The second kappa shape index (κ2) is 6.07. The molecule has 0 aliphatic heterocycles. The average Bonchev–Trinajstić information content (AvgIpc) is 2.48. The molecule has 2 aromatic carbocycles. The summed E-state index contributed by atoms with van der Waals surface area (Å²) in [6.07, 6.45) is 0. The summed E-state index contributed by atoms with van der Waals surface area (Å²) in [6, 6.07) is 15.3. The number of ether oxygens (including phenoxy) is 1. The fourth-order valence-corrected chi connectivity index (χ4v) is 3.11. The summed E-state index contributed by atoms with van der Waals surface area (Å²) in [4.78, 5) is 0.264. The minimum atomic E-state index is -3.50. The van der Waals surface area contributed by atoms with E-state index in [1.165, 1.54) is 0 Å². The lowest BCUT2D eigenvalue weighted by Crippen LogP contribution is -2.26. The molecule has 1 N–H and O–H groups in total. The van der Waals surface area contributed by atoms with Crippen molar-refractivity contribution in [2.45, 2.75) is 17.9 Å². The number of sulfonamides is 1. The molecule has 0 saturated carbocycles. The molecule has 0 aliphatic rings. The van der Waals surface area contributed by atoms with Gasteiger partial charge in [-0.15, -0.1) is 0 Å². The van der Waals surface area contributed by atoms with Crippen molar-refractivity contribution in [1.82, 2.24) is 4.72 Å². The largest absolute Gasteiger partial charge is 0.497 e. The lowest BCUT2D eigenvalue weighted by atomic mass is 10.1. The van der Waals surface area contributed by atoms with E-state index in [4.69, 9.17) is 4.74 Å². The van der Waals surface area contributed by atoms with Gasteiger partial charge in [0.2, 0.25) is 10.0 Å². The molecule has 0 radical (unpaired) electrons. The zero-order valence-electron chi connectivity index (χ0n) is 11.4. The highest BCUT2D eigenvalue weighted by molar-refractivity contribution is 7.89. The number of benzene rings is 2. The monoisotopic (exact) mass is 291 g/mol. The van der Waals surface area contributed by atoms with Crippen LogP contribution in [0.5, 0.6) is 5.75 Å². The molecule has 0 bridgehead atoms. The van der Waals surface area contributed by atoms with Crippen LogP contribution in [-0.4, -0.2) is 15.5 Å². The quantitative estimate of drug-likeness (QED) is 0.921. The Morgan fingerprint density at radius 1 is 1.00 bits per heavy atom. The molecule has 0 fully saturated rings. The minimum Gasteiger partial charge on any atom is -0.497 e. The van der Waals surface area contributed by atoms with Crippen LogP contribution < -0.4 is 9.46 Å². The third-order valence-corrected chi connectivity index (χ3v) is 4.56. The standard InChI is InChI=1S/C15H17NO3S/c1-12(13-8-10-14(19-2)11-9-13)16-20(17,18)15-6-4-3-5-7-15/h3-12,16H,1-2H3/t12-/m0/s1. The van der Waals surface area contributed by atoms with Crippen molar-refractivity contribution in [3.63, 3.8) is 0 Å². The molecule has 0 amide bonds. The first-order chi connectivity index (χ1) is 9.53. The van der Waals surface area contributed by atoms with E-state index in [0.29, 0.717) is 0 Å². The molecule has 0 heterocycles. The first-order valence-electron chi connectivity index (χ1n) is 6.24. The maximum atomic E-state index is 12.2. The highest BCUT2D eigenvalue weighted by Gasteiger charge is 2.17. The Kier molecular flexibility index (Phi) is 4.42. The van der Waals surface area contributed by atoms with Crippen LogP contribution in [0.25, 0.3) is 0 Å². The molecule has 0 aliphatic carbocycles. The van der Waals surface area contributed by atoms with E-state index in [0.717, 1.165) is 11.3 Å². The van der Waals surface area contributed by atoms with Gasteiger partial charge in [-0.2, -0.15) is 0 Å². The third-order valence-electron chi connectivity index (χ3n) is 3.00. The number of hydrogen-bond acceptors (Lipinski definition) is 3. The normalized spacial score (nSPS) is 12.9. The summed E-state index contributed by atoms with van der Waals surface area (Å²) >= 11 is 0. The fourth-order valence-electron chi connectivity index (χ4n) is 1.86. The van der Waals surface area contributed by atoms with Gasteiger partial charge < -0.3 is 4.74 Å². The van der Waals surface area contributed by atoms with Crippen LogP contribution in [0.2, 0.25) is 0 Å². The lowest BCUT2D eigenvalue weighted by Gasteiger charge is -2.15. The number of hydrogen-bond donors (Lipinski definition) is 1. The summed E-state index contributed by atoms with van der Waals surface area (Å²) in [7, 11) is -1.91. The molecule has 0 saturated heterocycles. The van der Waals surface area contributed by atoms with Crippen LogP contribution >= 0.6 is 0 Å². The van der Waals surface area contributed by atoms with Gasteiger partial charge in [0.25, 0.3) is 0 Å². The minimum absolute atomic E-state index is 0.264. The van der Waals surface area contributed by atoms with Gasteiger partial charge >= 0.3 is 0 Å². The molecule has 5 heteroatoms. The Balaban J connectivity index is 2.16. The van der Waals surface area contributed by atoms with Crippen LogP contribution in [0, 0.1) is 0 Å². The summed E-state index contributed by atoms with van der Waals surface area (Å²) in [5.41, 5.74) is 0.880. The van der Waals surface area contributed by atoms with E-state index < -0.39 is 10.0 Å². The van der Waals surface area contributed by atoms with E-state index in [1.807, 2.05) is 31.2 Å². The van der Waals surface area contributed by atoms with Gasteiger partial charge in [-0.05, 0) is 36.8 Å². The maximum absolute atomic E-state index is 12.2. The molecule has 0 aromatic heterocycles. The van der Waals surface area contributed by atoms with Gasteiger partial charge in [-0.3, -0.25) is 0 Å². The number of methoxy groups -OCH3 is 1. The van der Waals surface area contributed by atoms with Crippen LogP contribution in [-0.2, 0) is 10.0 Å². The average molecular weight is 291 g/mol. The van der Waals surface area contributed by atoms with E-state index >= 15 is 0 Å². The van der Waals surface area contributed by atoms with Crippen LogP contribution in [0.15, 0.2) is 59.5 Å². The van der Waals surface area contributed by atoms with E-state index in [9.17, 15) is 8.42 Å². The molecule has 2 rings (SSSR count). The highest BCUT2D eigenvalue weighted by Crippen LogP contribution is 2.19. The van der Waals surface area contributed by atoms with Crippen molar-refractivity contribution in [3.8, 4) is 5.75 Å². The van der Waals surface area contributed by atoms with Gasteiger partial charge in [0.05, 0.1) is 12.0 Å². The van der Waals surface area contributed by atoms with E-state index in [-0.39, 0.29) is 10.9 Å². The molecular weight excluding hydrogens is 274 g/mol. The Labute approximate surface area is 119 Å². The SMILES string of the molecule is COc1ccc([C@H](C)NS(=O)(=O)c2ccccc2)cc1. The summed E-state index contributed by atoms with van der Waals surface area (Å²) in [6.45, 7) is 1.81. The third kappa shape index (κ3) is 3.37. The molecule has 4 nitrogen and oxygen atoms in total. The maximum Gasteiger partial charge on any atom is 0.241 e. The van der Waals surface area contributed by atoms with Crippen LogP contribution in [0.3, 0.4) is 0 Å². The molecule has 0 unspecified atom stereocenters. The smallest absolute Gasteiger partial charge is 0.241 e. The van der Waals surface area contributed by atoms with Crippen molar-refractivity contribution in [3.05, 3.63) is 60.2 Å². The Bertz CT molecular complexity index is 651. The van der Waals surface area contributed by atoms with Crippen molar-refractivity contribution in [1.29, 1.82) is 0 Å². The van der Waals surface area contributed by atoms with Crippen molar-refractivity contribution < 1.29 is 13.2 Å². The van der Waals surface area contributed by atoms with Crippen LogP contribution in [0.4, 0.5) is 0 Å². The van der Waals surface area contributed by atoms with Crippen LogP contribution in [0.1, 0.15) is 18.5 Å². The van der Waals surface area contributed by atoms with Crippen molar-refractivity contribution >= 4 is 10.0 Å². The van der Waals surface area contributed by atoms with Crippen molar-refractivity contribution in [2.75, 3.05) is 7.11 Å². The Hall–Kier alpha value is -1.85. The van der Waals surface area contributed by atoms with Gasteiger partial charge in [-0.1, -0.05) is 30.3 Å². The zero-order chi connectivity index (χ0) is 14.6. The van der Waals surface area contributed by atoms with Gasteiger partial charge in [0.1, 0.15) is 5.75 Å². The molecular formula is C15H17NO3S. The summed E-state index contributed by atoms with van der Waals surface area (Å²) in [5, 5.41) is 0. The second-order valence-corrected chi connectivity index (χ2v) is 6.14. The number of nitrogens with one attached hydrogen (secondary N) is 1.